The minimum atomic E-state index is -1.04. The molecule has 1 aromatic heterocycles. The summed E-state index contributed by atoms with van der Waals surface area (Å²) < 4.78 is 6.96. The van der Waals surface area contributed by atoms with E-state index < -0.39 is 5.97 Å². The zero-order valence-electron chi connectivity index (χ0n) is 11.3. The number of methoxy groups -OCH3 is 1. The van der Waals surface area contributed by atoms with Crippen molar-refractivity contribution in [3.05, 3.63) is 11.9 Å². The molecule has 0 bridgehead atoms. The first kappa shape index (κ1) is 14.0. The van der Waals surface area contributed by atoms with Crippen LogP contribution in [0, 0.1) is 0 Å². The maximum atomic E-state index is 10.7. The Morgan fingerprint density at radius 1 is 1.58 bits per heavy atom. The van der Waals surface area contributed by atoms with Crippen LogP contribution in [0.4, 0.5) is 0 Å². The summed E-state index contributed by atoms with van der Waals surface area (Å²) in [6.45, 7) is 4.69. The Bertz CT molecular complexity index is 434. The molecule has 19 heavy (non-hydrogen) atoms. The summed E-state index contributed by atoms with van der Waals surface area (Å²) in [6.07, 6.45) is 3.90. The first-order valence-corrected chi connectivity index (χ1v) is 6.50. The van der Waals surface area contributed by atoms with Gasteiger partial charge in [-0.25, -0.2) is 4.79 Å². The summed E-state index contributed by atoms with van der Waals surface area (Å²) in [4.78, 5) is 13.1. The lowest BCUT2D eigenvalue weighted by atomic mass is 10.0. The number of hydrogen-bond donors (Lipinski definition) is 1. The Morgan fingerprint density at radius 2 is 2.37 bits per heavy atom. The quantitative estimate of drug-likeness (QED) is 0.836. The maximum absolute atomic E-state index is 10.7. The SMILES string of the molecule is COC1CCN(CCn2cc(C(=O)O)nn2)C(C)C1. The van der Waals surface area contributed by atoms with Gasteiger partial charge in [0.15, 0.2) is 5.69 Å². The highest BCUT2D eigenvalue weighted by molar-refractivity contribution is 5.84. The van der Waals surface area contributed by atoms with Crippen molar-refractivity contribution in [1.29, 1.82) is 0 Å². The van der Waals surface area contributed by atoms with Gasteiger partial charge in [0.1, 0.15) is 0 Å². The third-order valence-corrected chi connectivity index (χ3v) is 3.67. The zero-order chi connectivity index (χ0) is 13.8. The lowest BCUT2D eigenvalue weighted by Crippen LogP contribution is -2.44. The van der Waals surface area contributed by atoms with Crippen LogP contribution < -0.4 is 0 Å². The molecule has 0 saturated carbocycles. The summed E-state index contributed by atoms with van der Waals surface area (Å²) in [7, 11) is 1.76. The molecular weight excluding hydrogens is 248 g/mol. The molecule has 1 N–H and O–H groups in total. The number of piperidine rings is 1. The van der Waals surface area contributed by atoms with Crippen LogP contribution in [0.5, 0.6) is 0 Å². The van der Waals surface area contributed by atoms with Crippen molar-refractivity contribution in [2.45, 2.75) is 38.5 Å². The van der Waals surface area contributed by atoms with Crippen molar-refractivity contribution < 1.29 is 14.6 Å². The minimum absolute atomic E-state index is 0.00820. The van der Waals surface area contributed by atoms with E-state index in [1.165, 1.54) is 6.20 Å². The number of ether oxygens (including phenoxy) is 1. The molecule has 7 heteroatoms. The summed E-state index contributed by atoms with van der Waals surface area (Å²) in [5.74, 6) is -1.04. The van der Waals surface area contributed by atoms with Gasteiger partial charge in [-0.15, -0.1) is 5.10 Å². The van der Waals surface area contributed by atoms with E-state index in [1.807, 2.05) is 0 Å². The molecule has 2 unspecified atom stereocenters. The Kier molecular flexibility index (Phi) is 4.49. The molecule has 1 aliphatic heterocycles. The van der Waals surface area contributed by atoms with E-state index in [2.05, 4.69) is 22.1 Å². The van der Waals surface area contributed by atoms with Gasteiger partial charge >= 0.3 is 5.97 Å². The molecule has 0 aliphatic carbocycles. The Balaban J connectivity index is 1.83. The molecule has 1 aliphatic rings. The number of carboxylic acid groups (broad SMARTS) is 1. The molecule has 0 spiro atoms. The number of aromatic nitrogens is 3. The van der Waals surface area contributed by atoms with E-state index in [4.69, 9.17) is 9.84 Å². The number of carbonyl (C=O) groups is 1. The van der Waals surface area contributed by atoms with Gasteiger partial charge in [-0.05, 0) is 19.8 Å². The zero-order valence-corrected chi connectivity index (χ0v) is 11.3. The van der Waals surface area contributed by atoms with Gasteiger partial charge in [0.25, 0.3) is 0 Å². The van der Waals surface area contributed by atoms with Crippen molar-refractivity contribution in [1.82, 2.24) is 19.9 Å². The summed E-state index contributed by atoms with van der Waals surface area (Å²) in [5, 5.41) is 16.2. The highest BCUT2D eigenvalue weighted by Gasteiger charge is 2.24. The third kappa shape index (κ3) is 3.51. The summed E-state index contributed by atoms with van der Waals surface area (Å²) >= 11 is 0. The van der Waals surface area contributed by atoms with Crippen molar-refractivity contribution in [3.8, 4) is 0 Å². The molecule has 2 heterocycles. The second kappa shape index (κ2) is 6.12. The number of rotatable bonds is 5. The topological polar surface area (TPSA) is 80.5 Å². The van der Waals surface area contributed by atoms with Crippen LogP contribution in [-0.4, -0.2) is 63.3 Å². The van der Waals surface area contributed by atoms with E-state index in [0.29, 0.717) is 18.7 Å². The number of likely N-dealkylation sites (tertiary alicyclic amines) is 1. The van der Waals surface area contributed by atoms with E-state index in [1.54, 1.807) is 11.8 Å². The van der Waals surface area contributed by atoms with Crippen molar-refractivity contribution in [3.63, 3.8) is 0 Å². The second-order valence-electron chi connectivity index (χ2n) is 4.94. The fourth-order valence-electron chi connectivity index (χ4n) is 2.46. The summed E-state index contributed by atoms with van der Waals surface area (Å²) in [5.41, 5.74) is -0.00820. The van der Waals surface area contributed by atoms with Gasteiger partial charge in [-0.2, -0.15) is 0 Å². The predicted octanol–water partition coefficient (Wildman–Crippen LogP) is 0.476. The van der Waals surface area contributed by atoms with Gasteiger partial charge < -0.3 is 9.84 Å². The van der Waals surface area contributed by atoms with Gasteiger partial charge in [0.05, 0.1) is 18.8 Å². The van der Waals surface area contributed by atoms with Crippen LogP contribution in [0.15, 0.2) is 6.20 Å². The van der Waals surface area contributed by atoms with Crippen LogP contribution in [0.2, 0.25) is 0 Å². The summed E-state index contributed by atoms with van der Waals surface area (Å²) in [6, 6.07) is 0.473. The van der Waals surface area contributed by atoms with Crippen LogP contribution in [-0.2, 0) is 11.3 Å². The molecule has 7 nitrogen and oxygen atoms in total. The number of aromatic carboxylic acids is 1. The van der Waals surface area contributed by atoms with Crippen LogP contribution >= 0.6 is 0 Å². The maximum Gasteiger partial charge on any atom is 0.358 e. The van der Waals surface area contributed by atoms with Crippen molar-refractivity contribution in [2.75, 3.05) is 20.2 Å². The molecule has 2 atom stereocenters. The molecule has 0 amide bonds. The lowest BCUT2D eigenvalue weighted by molar-refractivity contribution is 0.0146. The number of nitrogens with zero attached hydrogens (tertiary/aromatic N) is 4. The smallest absolute Gasteiger partial charge is 0.358 e. The van der Waals surface area contributed by atoms with Crippen LogP contribution in [0.25, 0.3) is 0 Å². The second-order valence-corrected chi connectivity index (χ2v) is 4.94. The molecule has 1 saturated heterocycles. The molecule has 1 fully saturated rings. The van der Waals surface area contributed by atoms with Gasteiger partial charge in [0.2, 0.25) is 0 Å². The fourth-order valence-corrected chi connectivity index (χ4v) is 2.46. The minimum Gasteiger partial charge on any atom is -0.476 e. The average molecular weight is 268 g/mol. The molecule has 106 valence electrons. The van der Waals surface area contributed by atoms with Gasteiger partial charge in [0, 0.05) is 26.2 Å². The molecular formula is C12H20N4O3. The van der Waals surface area contributed by atoms with Gasteiger partial charge in [-0.1, -0.05) is 5.21 Å². The van der Waals surface area contributed by atoms with E-state index >= 15 is 0 Å². The van der Waals surface area contributed by atoms with Crippen LogP contribution in [0.3, 0.4) is 0 Å². The van der Waals surface area contributed by atoms with Crippen LogP contribution in [0.1, 0.15) is 30.3 Å². The van der Waals surface area contributed by atoms with E-state index in [-0.39, 0.29) is 5.69 Å². The van der Waals surface area contributed by atoms with Crippen molar-refractivity contribution >= 4 is 5.97 Å². The van der Waals surface area contributed by atoms with E-state index in [0.717, 1.165) is 25.9 Å². The largest absolute Gasteiger partial charge is 0.476 e. The highest BCUT2D eigenvalue weighted by Crippen LogP contribution is 2.18. The molecule has 0 aromatic carbocycles. The standard InChI is InChI=1S/C12H20N4O3/c1-9-7-10(19-2)3-4-15(9)5-6-16-8-11(12(17)18)13-14-16/h8-10H,3-7H2,1-2H3,(H,17,18). The number of carboxylic acids is 1. The first-order chi connectivity index (χ1) is 9.10. The Labute approximate surface area is 112 Å². The first-order valence-electron chi connectivity index (χ1n) is 6.50. The van der Waals surface area contributed by atoms with E-state index in [9.17, 15) is 4.79 Å². The predicted molar refractivity (Wildman–Crippen MR) is 68.0 cm³/mol. The highest BCUT2D eigenvalue weighted by atomic mass is 16.5. The van der Waals surface area contributed by atoms with Crippen molar-refractivity contribution in [2.24, 2.45) is 0 Å². The molecule has 1 aromatic rings. The Hall–Kier alpha value is -1.47. The lowest BCUT2D eigenvalue weighted by Gasteiger charge is -2.36. The van der Waals surface area contributed by atoms with Gasteiger partial charge in [-0.3, -0.25) is 9.58 Å². The molecule has 2 rings (SSSR count). The average Bonchev–Trinajstić information content (AvgIpc) is 2.86. The monoisotopic (exact) mass is 268 g/mol. The normalized spacial score (nSPS) is 24.5. The number of hydrogen-bond acceptors (Lipinski definition) is 5. The molecule has 0 radical (unpaired) electrons. The third-order valence-electron chi connectivity index (χ3n) is 3.67. The Morgan fingerprint density at radius 3 is 2.95 bits per heavy atom. The fraction of sp³-hybridized carbons (Fsp3) is 0.750.